The van der Waals surface area contributed by atoms with Gasteiger partial charge in [0.25, 0.3) is 0 Å². The smallest absolute Gasteiger partial charge is 0.187 e. The summed E-state index contributed by atoms with van der Waals surface area (Å²) in [6.45, 7) is -3.52. The van der Waals surface area contributed by atoms with E-state index < -0.39 is 112 Å². The van der Waals surface area contributed by atoms with Crippen molar-refractivity contribution in [1.29, 1.82) is 0 Å². The molecule has 5 unspecified atom stereocenters. The van der Waals surface area contributed by atoms with Gasteiger partial charge in [-0.15, -0.1) is 0 Å². The van der Waals surface area contributed by atoms with Crippen molar-refractivity contribution in [3.8, 4) is 0 Å². The Morgan fingerprint density at radius 2 is 1.15 bits per heavy atom. The van der Waals surface area contributed by atoms with Crippen LogP contribution in [0.25, 0.3) is 0 Å². The lowest BCUT2D eigenvalue weighted by molar-refractivity contribution is -0.367. The normalized spacial score (nSPS) is 42.7. The number of hydrogen-bond acceptors (Lipinski definition) is 16. The minimum atomic E-state index is -1.98. The van der Waals surface area contributed by atoms with Crippen molar-refractivity contribution in [2.75, 3.05) is 26.4 Å². The summed E-state index contributed by atoms with van der Waals surface area (Å²) in [7, 11) is 0. The average Bonchev–Trinajstić information content (AvgIpc) is 2.84. The second-order valence-electron chi connectivity index (χ2n) is 8.10. The van der Waals surface area contributed by atoms with Crippen molar-refractivity contribution >= 4 is 0 Å². The molecule has 0 spiro atoms. The van der Waals surface area contributed by atoms with Gasteiger partial charge in [-0.05, 0) is 0 Å². The van der Waals surface area contributed by atoms with Crippen LogP contribution in [0.2, 0.25) is 0 Å². The minimum absolute atomic E-state index is 0.757. The van der Waals surface area contributed by atoms with Gasteiger partial charge < -0.3 is 80.2 Å². The summed E-state index contributed by atoms with van der Waals surface area (Å²) in [4.78, 5) is 0. The maximum Gasteiger partial charge on any atom is 0.187 e. The lowest BCUT2D eigenvalue weighted by Crippen LogP contribution is -2.65. The fraction of sp³-hybridized carbons (Fsp3) is 1.00. The Kier molecular flexibility index (Phi) is 11.4. The minimum Gasteiger partial charge on any atom is -0.394 e. The molecule has 34 heavy (non-hydrogen) atoms. The molecule has 202 valence electrons. The molecule has 14 atom stereocenters. The zero-order chi connectivity index (χ0) is 25.7. The van der Waals surface area contributed by atoms with Crippen molar-refractivity contribution < 1.29 is 80.2 Å². The molecule has 2 rings (SSSR count). The van der Waals surface area contributed by atoms with Gasteiger partial charge in [-0.25, -0.2) is 0 Å². The second kappa shape index (κ2) is 13.1. The van der Waals surface area contributed by atoms with Crippen LogP contribution >= 0.6 is 0 Å². The number of hydrogen-bond donors (Lipinski definition) is 12. The summed E-state index contributed by atoms with van der Waals surface area (Å²) < 4.78 is 21.2. The molecule has 0 saturated carbocycles. The molecule has 2 aliphatic heterocycles. The van der Waals surface area contributed by atoms with Crippen LogP contribution in [0.3, 0.4) is 0 Å². The summed E-state index contributed by atoms with van der Waals surface area (Å²) in [5.74, 6) is 0. The van der Waals surface area contributed by atoms with Gasteiger partial charge in [0.05, 0.1) is 26.4 Å². The van der Waals surface area contributed by atoms with Crippen molar-refractivity contribution in [1.82, 2.24) is 0 Å². The van der Waals surface area contributed by atoms with Gasteiger partial charge in [-0.2, -0.15) is 0 Å². The lowest BCUT2D eigenvalue weighted by atomic mass is 9.96. The van der Waals surface area contributed by atoms with E-state index in [1.165, 1.54) is 0 Å². The number of aliphatic hydroxyl groups excluding tert-OH is 12. The topological polar surface area (TPSA) is 280 Å². The summed E-state index contributed by atoms with van der Waals surface area (Å²) in [6.07, 6.45) is -24.7. The molecular formula is C18H34O16. The molecule has 2 heterocycles. The zero-order valence-corrected chi connectivity index (χ0v) is 17.9. The number of rotatable bonds is 11. The van der Waals surface area contributed by atoms with E-state index in [9.17, 15) is 56.2 Å². The van der Waals surface area contributed by atoms with Crippen molar-refractivity contribution in [2.24, 2.45) is 0 Å². The van der Waals surface area contributed by atoms with Crippen LogP contribution in [0.4, 0.5) is 0 Å². The van der Waals surface area contributed by atoms with Crippen LogP contribution in [0.5, 0.6) is 0 Å². The lowest BCUT2D eigenvalue weighted by Gasteiger charge is -2.46. The van der Waals surface area contributed by atoms with E-state index in [-0.39, 0.29) is 0 Å². The average molecular weight is 506 g/mol. The van der Waals surface area contributed by atoms with Gasteiger partial charge in [0.2, 0.25) is 0 Å². The van der Waals surface area contributed by atoms with E-state index in [1.54, 1.807) is 0 Å². The number of aliphatic hydroxyl groups is 12. The maximum atomic E-state index is 10.6. The first-order valence-corrected chi connectivity index (χ1v) is 10.5. The second-order valence-corrected chi connectivity index (χ2v) is 8.10. The van der Waals surface area contributed by atoms with E-state index in [1.807, 2.05) is 0 Å². The van der Waals surface area contributed by atoms with Crippen molar-refractivity contribution in [3.63, 3.8) is 0 Å². The molecule has 0 aromatic rings. The predicted octanol–water partition coefficient (Wildman–Crippen LogP) is -7.94. The Morgan fingerprint density at radius 3 is 1.68 bits per heavy atom. The molecule has 0 aromatic carbocycles. The predicted molar refractivity (Wildman–Crippen MR) is 103 cm³/mol. The Balaban J connectivity index is 2.17. The Hall–Kier alpha value is -0.640. The first kappa shape index (κ1) is 29.6. The largest absolute Gasteiger partial charge is 0.394 e. The zero-order valence-electron chi connectivity index (χ0n) is 17.9. The van der Waals surface area contributed by atoms with Crippen LogP contribution in [0, 0.1) is 0 Å². The highest BCUT2D eigenvalue weighted by molar-refractivity contribution is 4.95. The molecule has 2 aliphatic rings. The summed E-state index contributed by atoms with van der Waals surface area (Å²) >= 11 is 0. The molecule has 0 amide bonds. The van der Waals surface area contributed by atoms with Gasteiger partial charge in [0.1, 0.15) is 73.2 Å². The number of ether oxygens (including phenoxy) is 4. The van der Waals surface area contributed by atoms with Crippen LogP contribution in [0.15, 0.2) is 0 Å². The summed E-state index contributed by atoms with van der Waals surface area (Å²) in [5, 5.41) is 118. The van der Waals surface area contributed by atoms with Crippen LogP contribution < -0.4 is 0 Å². The molecular weight excluding hydrogens is 472 g/mol. The third-order valence-electron chi connectivity index (χ3n) is 5.74. The highest BCUT2D eigenvalue weighted by Gasteiger charge is 2.51. The molecule has 16 heteroatoms. The maximum absolute atomic E-state index is 10.6. The van der Waals surface area contributed by atoms with Gasteiger partial charge in [0, 0.05) is 0 Å². The molecule has 16 nitrogen and oxygen atoms in total. The molecule has 0 radical (unpaired) electrons. The SMILES string of the molecule is OCC1O[C@@H](O[C@H]2C(CO)O[C@@H](OC([C@H](O)CO)[C@H](O)[C@@H](O)CO)C(O)[C@@H]2O)C(O)[C@H](O)[C@@H]1O. The van der Waals surface area contributed by atoms with Crippen LogP contribution in [-0.2, 0) is 18.9 Å². The van der Waals surface area contributed by atoms with E-state index >= 15 is 0 Å². The molecule has 0 bridgehead atoms. The fourth-order valence-electron chi connectivity index (χ4n) is 3.65. The monoisotopic (exact) mass is 506 g/mol. The van der Waals surface area contributed by atoms with Crippen LogP contribution in [0.1, 0.15) is 0 Å². The molecule has 0 aliphatic carbocycles. The Morgan fingerprint density at radius 1 is 0.618 bits per heavy atom. The molecule has 12 N–H and O–H groups in total. The van der Waals surface area contributed by atoms with E-state index in [0.29, 0.717) is 0 Å². The van der Waals surface area contributed by atoms with E-state index in [4.69, 9.17) is 24.1 Å². The molecule has 2 fully saturated rings. The van der Waals surface area contributed by atoms with Crippen LogP contribution in [-0.4, -0.2) is 174 Å². The molecule has 2 saturated heterocycles. The van der Waals surface area contributed by atoms with E-state index in [0.717, 1.165) is 0 Å². The van der Waals surface area contributed by atoms with E-state index in [2.05, 4.69) is 0 Å². The first-order chi connectivity index (χ1) is 16.0. The van der Waals surface area contributed by atoms with Gasteiger partial charge >= 0.3 is 0 Å². The van der Waals surface area contributed by atoms with Gasteiger partial charge in [-0.3, -0.25) is 0 Å². The summed E-state index contributed by atoms with van der Waals surface area (Å²) in [6, 6.07) is 0. The van der Waals surface area contributed by atoms with Crippen molar-refractivity contribution in [2.45, 2.75) is 85.8 Å². The summed E-state index contributed by atoms with van der Waals surface area (Å²) in [5.41, 5.74) is 0. The van der Waals surface area contributed by atoms with Gasteiger partial charge in [-0.1, -0.05) is 0 Å². The quantitative estimate of drug-likeness (QED) is 0.124. The fourth-order valence-corrected chi connectivity index (χ4v) is 3.65. The molecule has 0 aromatic heterocycles. The third kappa shape index (κ3) is 6.37. The Labute approximate surface area is 193 Å². The highest BCUT2D eigenvalue weighted by atomic mass is 16.7. The van der Waals surface area contributed by atoms with Crippen molar-refractivity contribution in [3.05, 3.63) is 0 Å². The standard InChI is InChI=1S/C18H34O16/c19-1-5(23)9(25)15(6(24)2-20)33-18-14(30)12(28)16(8(4-22)32-18)34-17-13(29)11(27)10(26)7(3-21)31-17/h5-30H,1-4H2/t5-,6+,7?,8?,9+,10+,11+,12-,13?,14?,15?,16-,17-,18-/m0/s1. The third-order valence-corrected chi connectivity index (χ3v) is 5.74. The Bertz CT molecular complexity index is 594. The van der Waals surface area contributed by atoms with Gasteiger partial charge in [0.15, 0.2) is 12.6 Å². The highest BCUT2D eigenvalue weighted by Crippen LogP contribution is 2.30. The first-order valence-electron chi connectivity index (χ1n) is 10.5.